The lowest BCUT2D eigenvalue weighted by molar-refractivity contribution is 0.0827. The normalized spacial score (nSPS) is 10.8. The molecule has 2 aromatic carbocycles. The molecule has 0 bridgehead atoms. The molecule has 0 aliphatic rings. The molecule has 7 nitrogen and oxygen atoms in total. The molecule has 0 unspecified atom stereocenters. The van der Waals surface area contributed by atoms with Crippen LogP contribution in [0.3, 0.4) is 0 Å². The van der Waals surface area contributed by atoms with Gasteiger partial charge >= 0.3 is 0 Å². The van der Waals surface area contributed by atoms with E-state index in [-0.39, 0.29) is 17.2 Å². The highest BCUT2D eigenvalue weighted by atomic mass is 16.2. The summed E-state index contributed by atoms with van der Waals surface area (Å²) in [5, 5.41) is 8.15. The van der Waals surface area contributed by atoms with Gasteiger partial charge < -0.3 is 10.2 Å². The van der Waals surface area contributed by atoms with E-state index in [9.17, 15) is 14.4 Å². The van der Waals surface area contributed by atoms with E-state index in [1.807, 2.05) is 0 Å². The predicted molar refractivity (Wildman–Crippen MR) is 118 cm³/mol. The molecule has 3 aromatic rings. The number of hydrogen-bond acceptors (Lipinski definition) is 4. The number of carbonyl (C=O) groups excluding carboxylic acids is 2. The second-order valence-corrected chi connectivity index (χ2v) is 7.36. The average Bonchev–Trinajstić information content (AvgIpc) is 2.75. The molecular formula is C23H26N4O3. The molecule has 1 aromatic heterocycles. The lowest BCUT2D eigenvalue weighted by atomic mass is 10.1. The maximum absolute atomic E-state index is 13.1. The van der Waals surface area contributed by atoms with E-state index in [4.69, 9.17) is 0 Å². The van der Waals surface area contributed by atoms with Gasteiger partial charge in [-0.1, -0.05) is 44.0 Å². The fourth-order valence-electron chi connectivity index (χ4n) is 3.24. The van der Waals surface area contributed by atoms with Crippen molar-refractivity contribution >= 4 is 28.3 Å². The summed E-state index contributed by atoms with van der Waals surface area (Å²) in [7, 11) is 3.34. The van der Waals surface area contributed by atoms with Crippen molar-refractivity contribution in [3.63, 3.8) is 0 Å². The molecule has 0 spiro atoms. The van der Waals surface area contributed by atoms with Crippen LogP contribution in [-0.4, -0.2) is 40.6 Å². The van der Waals surface area contributed by atoms with E-state index >= 15 is 0 Å². The predicted octanol–water partition coefficient (Wildman–Crippen LogP) is 3.54. The number of hydrogen-bond donors (Lipinski definition) is 1. The Balaban J connectivity index is 1.97. The van der Waals surface area contributed by atoms with Gasteiger partial charge in [-0.05, 0) is 30.7 Å². The molecule has 156 valence electrons. The van der Waals surface area contributed by atoms with Crippen molar-refractivity contribution in [1.29, 1.82) is 0 Å². The topological polar surface area (TPSA) is 84.3 Å². The van der Waals surface area contributed by atoms with Crippen molar-refractivity contribution in [3.05, 3.63) is 70.1 Å². The number of anilines is 1. The zero-order valence-electron chi connectivity index (χ0n) is 17.5. The molecule has 30 heavy (non-hydrogen) atoms. The first-order valence-corrected chi connectivity index (χ1v) is 10.0. The van der Waals surface area contributed by atoms with Crippen LogP contribution >= 0.6 is 0 Å². The van der Waals surface area contributed by atoms with Crippen molar-refractivity contribution in [2.24, 2.45) is 0 Å². The Morgan fingerprint density at radius 3 is 2.47 bits per heavy atom. The summed E-state index contributed by atoms with van der Waals surface area (Å²) in [6, 6.07) is 13.7. The largest absolute Gasteiger partial charge is 0.345 e. The van der Waals surface area contributed by atoms with Gasteiger partial charge in [-0.3, -0.25) is 14.4 Å². The minimum atomic E-state index is -0.426. The molecule has 0 aliphatic heterocycles. The summed E-state index contributed by atoms with van der Waals surface area (Å²) >= 11 is 0. The van der Waals surface area contributed by atoms with Gasteiger partial charge in [0.05, 0.1) is 5.39 Å². The summed E-state index contributed by atoms with van der Waals surface area (Å²) in [6.07, 6.45) is 2.82. The van der Waals surface area contributed by atoms with Gasteiger partial charge in [0.2, 0.25) is 0 Å². The van der Waals surface area contributed by atoms with Gasteiger partial charge in [0.1, 0.15) is 0 Å². The molecule has 7 heteroatoms. The van der Waals surface area contributed by atoms with E-state index in [1.165, 1.54) is 9.58 Å². The standard InChI is InChI=1S/C23H26N4O3/c1-4-5-8-14-27-23(30)19-13-7-6-12-18(19)20(25-27)21(28)24-17-11-9-10-16(15-17)22(29)26(2)3/h6-7,9-13,15H,4-5,8,14H2,1-3H3,(H,24,28). The third-order valence-electron chi connectivity index (χ3n) is 4.83. The summed E-state index contributed by atoms with van der Waals surface area (Å²) in [6.45, 7) is 2.55. The van der Waals surface area contributed by atoms with Crippen LogP contribution in [0.2, 0.25) is 0 Å². The van der Waals surface area contributed by atoms with Gasteiger partial charge in [-0.25, -0.2) is 4.68 Å². The Morgan fingerprint density at radius 1 is 1.03 bits per heavy atom. The van der Waals surface area contributed by atoms with Gasteiger partial charge in [0.15, 0.2) is 5.69 Å². The minimum Gasteiger partial charge on any atom is -0.345 e. The highest BCUT2D eigenvalue weighted by molar-refractivity contribution is 6.11. The molecule has 0 fully saturated rings. The van der Waals surface area contributed by atoms with Crippen LogP contribution in [0.15, 0.2) is 53.3 Å². The second-order valence-electron chi connectivity index (χ2n) is 7.36. The van der Waals surface area contributed by atoms with E-state index in [1.54, 1.807) is 62.6 Å². The highest BCUT2D eigenvalue weighted by Crippen LogP contribution is 2.17. The number of nitrogens with one attached hydrogen (secondary N) is 1. The van der Waals surface area contributed by atoms with Crippen molar-refractivity contribution < 1.29 is 9.59 Å². The van der Waals surface area contributed by atoms with Crippen molar-refractivity contribution in [3.8, 4) is 0 Å². The van der Waals surface area contributed by atoms with Crippen molar-refractivity contribution in [1.82, 2.24) is 14.7 Å². The monoisotopic (exact) mass is 406 g/mol. The number of unbranched alkanes of at least 4 members (excludes halogenated alkanes) is 2. The number of nitrogens with zero attached hydrogens (tertiary/aromatic N) is 3. The molecule has 0 saturated carbocycles. The summed E-state index contributed by atoms with van der Waals surface area (Å²) in [4.78, 5) is 39.5. The van der Waals surface area contributed by atoms with Crippen LogP contribution < -0.4 is 10.9 Å². The van der Waals surface area contributed by atoms with E-state index < -0.39 is 5.91 Å². The van der Waals surface area contributed by atoms with Crippen LogP contribution in [-0.2, 0) is 6.54 Å². The van der Waals surface area contributed by atoms with Gasteiger partial charge in [-0.2, -0.15) is 5.10 Å². The molecule has 1 N–H and O–H groups in total. The SMILES string of the molecule is CCCCCn1nc(C(=O)Nc2cccc(C(=O)N(C)C)c2)c2ccccc2c1=O. The first kappa shape index (κ1) is 21.2. The van der Waals surface area contributed by atoms with Gasteiger partial charge in [-0.15, -0.1) is 0 Å². The number of aromatic nitrogens is 2. The van der Waals surface area contributed by atoms with Crippen LogP contribution in [0.25, 0.3) is 10.8 Å². The fourth-order valence-corrected chi connectivity index (χ4v) is 3.24. The molecule has 0 aliphatic carbocycles. The van der Waals surface area contributed by atoms with Crippen LogP contribution in [0, 0.1) is 0 Å². The zero-order valence-corrected chi connectivity index (χ0v) is 17.5. The molecule has 1 heterocycles. The van der Waals surface area contributed by atoms with E-state index in [0.717, 1.165) is 19.3 Å². The molecule has 3 rings (SSSR count). The second kappa shape index (κ2) is 9.35. The molecule has 0 atom stereocenters. The molecule has 0 radical (unpaired) electrons. The number of fused-ring (bicyclic) bond motifs is 1. The third-order valence-corrected chi connectivity index (χ3v) is 4.83. The summed E-state index contributed by atoms with van der Waals surface area (Å²) in [5.74, 6) is -0.580. The van der Waals surface area contributed by atoms with Gasteiger partial charge in [0, 0.05) is 37.3 Å². The number of aryl methyl sites for hydroxylation is 1. The Hall–Kier alpha value is -3.48. The number of rotatable bonds is 7. The van der Waals surface area contributed by atoms with Crippen molar-refractivity contribution in [2.45, 2.75) is 32.7 Å². The maximum Gasteiger partial charge on any atom is 0.276 e. The Morgan fingerprint density at radius 2 is 1.77 bits per heavy atom. The lowest BCUT2D eigenvalue weighted by Crippen LogP contribution is -2.28. The highest BCUT2D eigenvalue weighted by Gasteiger charge is 2.17. The summed E-state index contributed by atoms with van der Waals surface area (Å²) in [5.41, 5.74) is 0.949. The number of benzene rings is 2. The number of carbonyl (C=O) groups is 2. The first-order chi connectivity index (χ1) is 14.4. The van der Waals surface area contributed by atoms with E-state index in [0.29, 0.717) is 28.6 Å². The first-order valence-electron chi connectivity index (χ1n) is 10.0. The minimum absolute atomic E-state index is 0.154. The average molecular weight is 406 g/mol. The Bertz CT molecular complexity index is 1130. The zero-order chi connectivity index (χ0) is 21.7. The fraction of sp³-hybridized carbons (Fsp3) is 0.304. The number of amides is 2. The van der Waals surface area contributed by atoms with Crippen LogP contribution in [0.4, 0.5) is 5.69 Å². The van der Waals surface area contributed by atoms with E-state index in [2.05, 4.69) is 17.3 Å². The summed E-state index contributed by atoms with van der Waals surface area (Å²) < 4.78 is 1.37. The van der Waals surface area contributed by atoms with Crippen LogP contribution in [0.5, 0.6) is 0 Å². The van der Waals surface area contributed by atoms with Gasteiger partial charge in [0.25, 0.3) is 17.4 Å². The molecule has 2 amide bonds. The lowest BCUT2D eigenvalue weighted by Gasteiger charge is -2.13. The van der Waals surface area contributed by atoms with Crippen molar-refractivity contribution in [2.75, 3.05) is 19.4 Å². The Labute approximate surface area is 175 Å². The van der Waals surface area contributed by atoms with Crippen LogP contribution in [0.1, 0.15) is 47.0 Å². The molecule has 0 saturated heterocycles. The smallest absolute Gasteiger partial charge is 0.276 e. The molecular weight excluding hydrogens is 380 g/mol. The quantitative estimate of drug-likeness (QED) is 0.608. The Kier molecular flexibility index (Phi) is 6.61. The third kappa shape index (κ3) is 4.56. The maximum atomic E-state index is 13.1.